The predicted octanol–water partition coefficient (Wildman–Crippen LogP) is 2.75. The average Bonchev–Trinajstić information content (AvgIpc) is 3.08. The van der Waals surface area contributed by atoms with Crippen LogP contribution in [0.4, 0.5) is 0 Å². The number of carbonyl (C=O) groups excluding carboxylic acids is 2. The van der Waals surface area contributed by atoms with Crippen LogP contribution in [0.3, 0.4) is 0 Å². The van der Waals surface area contributed by atoms with Gasteiger partial charge in [0.05, 0.1) is 4.88 Å². The standard InChI is InChI=1S/C17H15NO2S/c19-16(15-9-11-2-1-3-14(11)21-15)12-5-4-10-6-7-18-17(20)13(10)8-12/h4-5,8-9H,1-3,6-7H2,(H,18,20). The summed E-state index contributed by atoms with van der Waals surface area (Å²) in [5, 5.41) is 2.83. The molecule has 1 aliphatic carbocycles. The molecule has 2 heterocycles. The summed E-state index contributed by atoms with van der Waals surface area (Å²) in [6, 6.07) is 7.55. The maximum atomic E-state index is 12.6. The number of amides is 1. The first-order valence-corrected chi connectivity index (χ1v) is 8.11. The number of rotatable bonds is 2. The van der Waals surface area contributed by atoms with Crippen LogP contribution in [-0.2, 0) is 19.3 Å². The van der Waals surface area contributed by atoms with Crippen LogP contribution in [0.2, 0.25) is 0 Å². The van der Waals surface area contributed by atoms with Crippen LogP contribution >= 0.6 is 11.3 Å². The number of carbonyl (C=O) groups is 2. The Bertz CT molecular complexity index is 739. The molecule has 1 aromatic heterocycles. The van der Waals surface area contributed by atoms with Crippen molar-refractivity contribution in [3.05, 3.63) is 56.3 Å². The van der Waals surface area contributed by atoms with Crippen molar-refractivity contribution in [2.45, 2.75) is 25.7 Å². The number of benzene rings is 1. The summed E-state index contributed by atoms with van der Waals surface area (Å²) in [5.74, 6) is -0.0323. The monoisotopic (exact) mass is 297 g/mol. The first-order valence-electron chi connectivity index (χ1n) is 7.30. The first kappa shape index (κ1) is 12.8. The quantitative estimate of drug-likeness (QED) is 0.866. The van der Waals surface area contributed by atoms with E-state index in [9.17, 15) is 9.59 Å². The van der Waals surface area contributed by atoms with Crippen molar-refractivity contribution in [3.63, 3.8) is 0 Å². The first-order chi connectivity index (χ1) is 10.2. The molecule has 1 amide bonds. The minimum Gasteiger partial charge on any atom is -0.352 e. The molecule has 21 heavy (non-hydrogen) atoms. The van der Waals surface area contributed by atoms with E-state index in [1.54, 1.807) is 17.4 Å². The Morgan fingerprint density at radius 1 is 1.10 bits per heavy atom. The van der Waals surface area contributed by atoms with Crippen LogP contribution in [0, 0.1) is 0 Å². The molecule has 0 spiro atoms. The van der Waals surface area contributed by atoms with Gasteiger partial charge in [0.25, 0.3) is 5.91 Å². The molecular weight excluding hydrogens is 282 g/mol. The fourth-order valence-electron chi connectivity index (χ4n) is 3.14. The largest absolute Gasteiger partial charge is 0.352 e. The fraction of sp³-hybridized carbons (Fsp3) is 0.294. The van der Waals surface area contributed by atoms with Gasteiger partial charge in [-0.1, -0.05) is 12.1 Å². The lowest BCUT2D eigenvalue weighted by atomic mass is 9.96. The van der Waals surface area contributed by atoms with Crippen molar-refractivity contribution >= 4 is 23.0 Å². The van der Waals surface area contributed by atoms with Crippen LogP contribution in [-0.4, -0.2) is 18.2 Å². The van der Waals surface area contributed by atoms with Gasteiger partial charge in [0.1, 0.15) is 0 Å². The smallest absolute Gasteiger partial charge is 0.251 e. The van der Waals surface area contributed by atoms with Gasteiger partial charge in [0, 0.05) is 22.5 Å². The molecule has 4 heteroatoms. The maximum Gasteiger partial charge on any atom is 0.251 e. The lowest BCUT2D eigenvalue weighted by molar-refractivity contribution is 0.0946. The van der Waals surface area contributed by atoms with Gasteiger partial charge in [-0.05, 0) is 48.9 Å². The zero-order valence-corrected chi connectivity index (χ0v) is 12.4. The Kier molecular flexibility index (Phi) is 2.93. The van der Waals surface area contributed by atoms with E-state index in [0.717, 1.165) is 29.7 Å². The van der Waals surface area contributed by atoms with Gasteiger partial charge in [0.2, 0.25) is 5.78 Å². The molecule has 0 fully saturated rings. The van der Waals surface area contributed by atoms with Crippen molar-refractivity contribution in [2.75, 3.05) is 6.54 Å². The summed E-state index contributed by atoms with van der Waals surface area (Å²) in [6.07, 6.45) is 4.23. The SMILES string of the molecule is O=C(c1ccc2c(c1)C(=O)NCC2)c1cc2c(s1)CCC2. The van der Waals surface area contributed by atoms with Crippen molar-refractivity contribution in [3.8, 4) is 0 Å². The fourth-order valence-corrected chi connectivity index (χ4v) is 4.35. The molecule has 0 unspecified atom stereocenters. The average molecular weight is 297 g/mol. The van der Waals surface area contributed by atoms with E-state index in [0.29, 0.717) is 17.7 Å². The van der Waals surface area contributed by atoms with Gasteiger partial charge in [0.15, 0.2) is 0 Å². The topological polar surface area (TPSA) is 46.2 Å². The number of hydrogen-bond donors (Lipinski definition) is 1. The second-order valence-electron chi connectivity index (χ2n) is 5.62. The molecule has 106 valence electrons. The summed E-state index contributed by atoms with van der Waals surface area (Å²) in [4.78, 5) is 26.7. The van der Waals surface area contributed by atoms with E-state index in [1.165, 1.54) is 16.9 Å². The molecule has 1 N–H and O–H groups in total. The molecule has 0 radical (unpaired) electrons. The Morgan fingerprint density at radius 3 is 2.86 bits per heavy atom. The Hall–Kier alpha value is -1.94. The Labute approximate surface area is 127 Å². The normalized spacial score (nSPS) is 16.3. The zero-order chi connectivity index (χ0) is 14.4. The van der Waals surface area contributed by atoms with Crippen molar-refractivity contribution in [1.82, 2.24) is 5.32 Å². The van der Waals surface area contributed by atoms with Gasteiger partial charge < -0.3 is 5.32 Å². The number of nitrogens with one attached hydrogen (secondary N) is 1. The maximum absolute atomic E-state index is 12.6. The Morgan fingerprint density at radius 2 is 2.00 bits per heavy atom. The number of ketones is 1. The third-order valence-corrected chi connectivity index (χ3v) is 5.50. The lowest BCUT2D eigenvalue weighted by Crippen LogP contribution is -2.32. The molecule has 1 aromatic carbocycles. The highest BCUT2D eigenvalue weighted by molar-refractivity contribution is 7.14. The molecule has 0 saturated heterocycles. The third kappa shape index (κ3) is 2.10. The highest BCUT2D eigenvalue weighted by atomic mass is 32.1. The number of thiophene rings is 1. The lowest BCUT2D eigenvalue weighted by Gasteiger charge is -2.16. The van der Waals surface area contributed by atoms with E-state index in [2.05, 4.69) is 5.32 Å². The molecular formula is C17H15NO2S. The molecule has 2 aliphatic rings. The summed E-state index contributed by atoms with van der Waals surface area (Å²) < 4.78 is 0. The number of fused-ring (bicyclic) bond motifs is 2. The second-order valence-corrected chi connectivity index (χ2v) is 6.76. The summed E-state index contributed by atoms with van der Waals surface area (Å²) in [5.41, 5.74) is 3.63. The predicted molar refractivity (Wildman–Crippen MR) is 82.3 cm³/mol. The number of aryl methyl sites for hydroxylation is 2. The third-order valence-electron chi connectivity index (χ3n) is 4.27. The van der Waals surface area contributed by atoms with Crippen molar-refractivity contribution < 1.29 is 9.59 Å². The second kappa shape index (κ2) is 4.81. The zero-order valence-electron chi connectivity index (χ0n) is 11.6. The van der Waals surface area contributed by atoms with Gasteiger partial charge in [-0.2, -0.15) is 0 Å². The highest BCUT2D eigenvalue weighted by Gasteiger charge is 2.22. The Balaban J connectivity index is 1.71. The molecule has 0 bridgehead atoms. The van der Waals surface area contributed by atoms with Crippen LogP contribution in [0.25, 0.3) is 0 Å². The van der Waals surface area contributed by atoms with Crippen molar-refractivity contribution in [2.24, 2.45) is 0 Å². The molecule has 0 saturated carbocycles. The van der Waals surface area contributed by atoms with E-state index < -0.39 is 0 Å². The molecule has 1 aliphatic heterocycles. The molecule has 3 nitrogen and oxygen atoms in total. The minimum atomic E-state index is -0.0698. The van der Waals surface area contributed by atoms with Gasteiger partial charge >= 0.3 is 0 Å². The summed E-state index contributed by atoms with van der Waals surface area (Å²) in [7, 11) is 0. The van der Waals surface area contributed by atoms with E-state index in [4.69, 9.17) is 0 Å². The molecule has 4 rings (SSSR count). The number of hydrogen-bond acceptors (Lipinski definition) is 3. The highest BCUT2D eigenvalue weighted by Crippen LogP contribution is 2.32. The summed E-state index contributed by atoms with van der Waals surface area (Å²) in [6.45, 7) is 0.677. The van der Waals surface area contributed by atoms with Crippen LogP contribution in [0.15, 0.2) is 24.3 Å². The summed E-state index contributed by atoms with van der Waals surface area (Å²) >= 11 is 1.61. The van der Waals surface area contributed by atoms with Crippen LogP contribution in [0.1, 0.15) is 48.0 Å². The van der Waals surface area contributed by atoms with Gasteiger partial charge in [-0.3, -0.25) is 9.59 Å². The minimum absolute atomic E-state index is 0.0376. The molecule has 0 atom stereocenters. The van der Waals surface area contributed by atoms with Gasteiger partial charge in [-0.15, -0.1) is 11.3 Å². The van der Waals surface area contributed by atoms with E-state index >= 15 is 0 Å². The van der Waals surface area contributed by atoms with Crippen LogP contribution < -0.4 is 5.32 Å². The van der Waals surface area contributed by atoms with Crippen molar-refractivity contribution in [1.29, 1.82) is 0 Å². The molecule has 2 aromatic rings. The van der Waals surface area contributed by atoms with Gasteiger partial charge in [-0.25, -0.2) is 0 Å². The van der Waals surface area contributed by atoms with E-state index in [-0.39, 0.29) is 11.7 Å². The van der Waals surface area contributed by atoms with Crippen LogP contribution in [0.5, 0.6) is 0 Å². The van der Waals surface area contributed by atoms with E-state index in [1.807, 2.05) is 18.2 Å².